The zero-order valence-corrected chi connectivity index (χ0v) is 14.0. The molecular weight excluding hydrogens is 323 g/mol. The highest BCUT2D eigenvalue weighted by molar-refractivity contribution is 5.96. The van der Waals surface area contributed by atoms with Crippen LogP contribution in [0.15, 0.2) is 42.5 Å². The maximum Gasteiger partial charge on any atom is 0.226 e. The van der Waals surface area contributed by atoms with Crippen LogP contribution in [0.25, 0.3) is 0 Å². The number of nitrogens with zero attached hydrogens (tertiary/aromatic N) is 1. The van der Waals surface area contributed by atoms with E-state index in [0.29, 0.717) is 30.2 Å². The molecule has 5 nitrogen and oxygen atoms in total. The molecular formula is C19H21FN2O3. The van der Waals surface area contributed by atoms with Crippen molar-refractivity contribution < 1.29 is 19.0 Å². The Kier molecular flexibility index (Phi) is 5.19. The molecule has 2 aromatic carbocycles. The Morgan fingerprint density at radius 3 is 2.80 bits per heavy atom. The largest absolute Gasteiger partial charge is 0.491 e. The van der Waals surface area contributed by atoms with Crippen LogP contribution in [0.3, 0.4) is 0 Å². The fourth-order valence-electron chi connectivity index (χ4n) is 2.78. The first-order valence-corrected chi connectivity index (χ1v) is 8.23. The monoisotopic (exact) mass is 344 g/mol. The predicted molar refractivity (Wildman–Crippen MR) is 94.5 cm³/mol. The molecule has 1 atom stereocenters. The summed E-state index contributed by atoms with van der Waals surface area (Å²) in [5.41, 5.74) is 2.26. The zero-order valence-electron chi connectivity index (χ0n) is 14.0. The van der Waals surface area contributed by atoms with E-state index in [1.165, 1.54) is 12.1 Å². The molecule has 0 fully saturated rings. The molecule has 1 unspecified atom stereocenters. The normalized spacial score (nSPS) is 15.2. The average molecular weight is 344 g/mol. The average Bonchev–Trinajstić information content (AvgIpc) is 2.73. The van der Waals surface area contributed by atoms with Gasteiger partial charge in [0.15, 0.2) is 0 Å². The van der Waals surface area contributed by atoms with Crippen LogP contribution in [0.4, 0.5) is 15.8 Å². The highest BCUT2D eigenvalue weighted by atomic mass is 19.1. The molecule has 6 heteroatoms. The SMILES string of the molecule is Cc1ccc(OCC(O)CN2CCC(=O)Nc3cc(F)ccc32)cc1. The molecule has 0 spiro atoms. The predicted octanol–water partition coefficient (Wildman–Crippen LogP) is 2.72. The van der Waals surface area contributed by atoms with Gasteiger partial charge in [0.2, 0.25) is 5.91 Å². The number of benzene rings is 2. The lowest BCUT2D eigenvalue weighted by Crippen LogP contribution is -2.36. The molecule has 0 saturated heterocycles. The Labute approximate surface area is 146 Å². The Morgan fingerprint density at radius 1 is 1.28 bits per heavy atom. The smallest absolute Gasteiger partial charge is 0.226 e. The third kappa shape index (κ3) is 4.48. The Bertz CT molecular complexity index is 749. The topological polar surface area (TPSA) is 61.8 Å². The van der Waals surface area contributed by atoms with Crippen molar-refractivity contribution in [1.82, 2.24) is 0 Å². The summed E-state index contributed by atoms with van der Waals surface area (Å²) in [7, 11) is 0. The van der Waals surface area contributed by atoms with Gasteiger partial charge < -0.3 is 20.1 Å². The first-order valence-electron chi connectivity index (χ1n) is 8.23. The quantitative estimate of drug-likeness (QED) is 0.876. The summed E-state index contributed by atoms with van der Waals surface area (Å²) < 4.78 is 19.0. The van der Waals surface area contributed by atoms with Crippen LogP contribution in [0.1, 0.15) is 12.0 Å². The molecule has 0 radical (unpaired) electrons. The maximum atomic E-state index is 13.4. The Morgan fingerprint density at radius 2 is 2.04 bits per heavy atom. The molecule has 1 aliphatic rings. The van der Waals surface area contributed by atoms with Crippen molar-refractivity contribution in [2.75, 3.05) is 29.9 Å². The molecule has 1 aliphatic heterocycles. The van der Waals surface area contributed by atoms with Crippen molar-refractivity contribution in [3.8, 4) is 5.75 Å². The Hall–Kier alpha value is -2.60. The standard InChI is InChI=1S/C19H21FN2O3/c1-13-2-5-16(6-3-13)25-12-15(23)11-22-9-8-19(24)21-17-10-14(20)4-7-18(17)22/h2-7,10,15,23H,8-9,11-12H2,1H3,(H,21,24). The number of carbonyl (C=O) groups is 1. The molecule has 0 aliphatic carbocycles. The molecule has 2 N–H and O–H groups in total. The number of nitrogens with one attached hydrogen (secondary N) is 1. The number of β-amino-alcohol motifs (C(OH)–C–C–N with tert-alkyl or cyclic N) is 1. The van der Waals surface area contributed by atoms with E-state index in [1.807, 2.05) is 36.1 Å². The summed E-state index contributed by atoms with van der Waals surface area (Å²) >= 11 is 0. The highest BCUT2D eigenvalue weighted by Gasteiger charge is 2.22. The van der Waals surface area contributed by atoms with E-state index in [1.54, 1.807) is 6.07 Å². The first-order chi connectivity index (χ1) is 12.0. The lowest BCUT2D eigenvalue weighted by Gasteiger charge is -2.26. The molecule has 1 heterocycles. The van der Waals surface area contributed by atoms with Crippen molar-refractivity contribution in [1.29, 1.82) is 0 Å². The third-order valence-corrected chi connectivity index (χ3v) is 4.08. The van der Waals surface area contributed by atoms with E-state index >= 15 is 0 Å². The molecule has 2 aromatic rings. The second-order valence-corrected chi connectivity index (χ2v) is 6.18. The van der Waals surface area contributed by atoms with Crippen LogP contribution in [0, 0.1) is 12.7 Å². The van der Waals surface area contributed by atoms with E-state index in [4.69, 9.17) is 4.74 Å². The lowest BCUT2D eigenvalue weighted by molar-refractivity contribution is -0.116. The number of fused-ring (bicyclic) bond motifs is 1. The number of ether oxygens (including phenoxy) is 1. The molecule has 25 heavy (non-hydrogen) atoms. The lowest BCUT2D eigenvalue weighted by atomic mass is 10.2. The highest BCUT2D eigenvalue weighted by Crippen LogP contribution is 2.29. The van der Waals surface area contributed by atoms with Crippen molar-refractivity contribution in [3.05, 3.63) is 53.8 Å². The number of carbonyl (C=O) groups excluding carboxylic acids is 1. The fraction of sp³-hybridized carbons (Fsp3) is 0.316. The number of aryl methyl sites for hydroxylation is 1. The third-order valence-electron chi connectivity index (χ3n) is 4.08. The van der Waals surface area contributed by atoms with Gasteiger partial charge in [-0.3, -0.25) is 4.79 Å². The first kappa shape index (κ1) is 17.2. The van der Waals surface area contributed by atoms with Crippen LogP contribution < -0.4 is 15.0 Å². The number of halogens is 1. The van der Waals surface area contributed by atoms with Gasteiger partial charge in [0, 0.05) is 19.5 Å². The van der Waals surface area contributed by atoms with Gasteiger partial charge >= 0.3 is 0 Å². The summed E-state index contributed by atoms with van der Waals surface area (Å²) in [6, 6.07) is 11.9. The van der Waals surface area contributed by atoms with E-state index < -0.39 is 11.9 Å². The van der Waals surface area contributed by atoms with Crippen molar-refractivity contribution in [2.24, 2.45) is 0 Å². The molecule has 0 saturated carbocycles. The summed E-state index contributed by atoms with van der Waals surface area (Å²) in [6.45, 7) is 2.87. The van der Waals surface area contributed by atoms with Gasteiger partial charge in [-0.15, -0.1) is 0 Å². The number of hydrogen-bond acceptors (Lipinski definition) is 4. The molecule has 0 bridgehead atoms. The van der Waals surface area contributed by atoms with Crippen molar-refractivity contribution in [2.45, 2.75) is 19.4 Å². The van der Waals surface area contributed by atoms with Crippen molar-refractivity contribution >= 4 is 17.3 Å². The van der Waals surface area contributed by atoms with E-state index in [9.17, 15) is 14.3 Å². The molecule has 1 amide bonds. The van der Waals surface area contributed by atoms with Crippen LogP contribution in [-0.2, 0) is 4.79 Å². The molecule has 3 rings (SSSR count). The van der Waals surface area contributed by atoms with Crippen molar-refractivity contribution in [3.63, 3.8) is 0 Å². The maximum absolute atomic E-state index is 13.4. The number of aliphatic hydroxyl groups excluding tert-OH is 1. The summed E-state index contributed by atoms with van der Waals surface area (Å²) in [4.78, 5) is 13.7. The van der Waals surface area contributed by atoms with Gasteiger partial charge in [-0.05, 0) is 37.3 Å². The van der Waals surface area contributed by atoms with Gasteiger partial charge in [-0.25, -0.2) is 4.39 Å². The second-order valence-electron chi connectivity index (χ2n) is 6.18. The van der Waals surface area contributed by atoms with Crippen LogP contribution in [-0.4, -0.2) is 36.8 Å². The van der Waals surface area contributed by atoms with E-state index in [-0.39, 0.29) is 18.9 Å². The van der Waals surface area contributed by atoms with E-state index in [0.717, 1.165) is 5.56 Å². The minimum absolute atomic E-state index is 0.136. The van der Waals surface area contributed by atoms with Gasteiger partial charge in [-0.2, -0.15) is 0 Å². The summed E-state index contributed by atoms with van der Waals surface area (Å²) in [6.07, 6.45) is -0.464. The zero-order chi connectivity index (χ0) is 17.8. The van der Waals surface area contributed by atoms with Crippen LogP contribution in [0.5, 0.6) is 5.75 Å². The summed E-state index contributed by atoms with van der Waals surface area (Å²) in [5.74, 6) is 0.115. The molecule has 0 aromatic heterocycles. The number of amides is 1. The number of anilines is 2. The summed E-state index contributed by atoms with van der Waals surface area (Å²) in [5, 5.41) is 13.0. The van der Waals surface area contributed by atoms with Gasteiger partial charge in [0.05, 0.1) is 11.4 Å². The molecule has 132 valence electrons. The Balaban J connectivity index is 1.65. The fourth-order valence-corrected chi connectivity index (χ4v) is 2.78. The van der Waals surface area contributed by atoms with Crippen LogP contribution >= 0.6 is 0 Å². The minimum Gasteiger partial charge on any atom is -0.491 e. The van der Waals surface area contributed by atoms with Crippen LogP contribution in [0.2, 0.25) is 0 Å². The van der Waals surface area contributed by atoms with E-state index in [2.05, 4.69) is 5.32 Å². The number of hydrogen-bond donors (Lipinski definition) is 2. The van der Waals surface area contributed by atoms with Gasteiger partial charge in [-0.1, -0.05) is 17.7 Å². The van der Waals surface area contributed by atoms with Gasteiger partial charge in [0.25, 0.3) is 0 Å². The number of rotatable bonds is 5. The minimum atomic E-state index is -0.743. The second kappa shape index (κ2) is 7.53. The number of aliphatic hydroxyl groups is 1. The van der Waals surface area contributed by atoms with Gasteiger partial charge in [0.1, 0.15) is 24.3 Å².